The van der Waals surface area contributed by atoms with E-state index in [1.165, 1.54) is 56.3 Å². The Morgan fingerprint density at radius 1 is 0.889 bits per heavy atom. The van der Waals surface area contributed by atoms with Crippen LogP contribution in [0.5, 0.6) is 0 Å². The summed E-state index contributed by atoms with van der Waals surface area (Å²) in [6, 6.07) is 7.81. The highest BCUT2D eigenvalue weighted by Crippen LogP contribution is 2.27. The summed E-state index contributed by atoms with van der Waals surface area (Å²) in [5.74, 6) is 0. The number of rotatable bonds is 9. The molecule has 0 atom stereocenters. The average molecular weight is 576 g/mol. The van der Waals surface area contributed by atoms with Crippen molar-refractivity contribution in [3.63, 3.8) is 0 Å². The molecule has 11 nitrogen and oxygen atoms in total. The predicted octanol–water partition coefficient (Wildman–Crippen LogP) is 2.95. The van der Waals surface area contributed by atoms with Gasteiger partial charge in [0, 0.05) is 17.4 Å². The smallest absolute Gasteiger partial charge is 0.295 e. The van der Waals surface area contributed by atoms with Crippen LogP contribution in [0.2, 0.25) is 0 Å². The van der Waals surface area contributed by atoms with Gasteiger partial charge in [0.2, 0.25) is 10.0 Å². The molecule has 0 radical (unpaired) electrons. The molecule has 1 saturated carbocycles. The molecule has 1 aliphatic rings. The summed E-state index contributed by atoms with van der Waals surface area (Å²) < 4.78 is 93.7. The third-order valence-electron chi connectivity index (χ3n) is 5.08. The summed E-state index contributed by atoms with van der Waals surface area (Å²) in [6.07, 6.45) is 4.41. The third-order valence-corrected chi connectivity index (χ3v) is 8.88. The summed E-state index contributed by atoms with van der Waals surface area (Å²) in [5.41, 5.74) is 0.190. The highest BCUT2D eigenvalue weighted by Gasteiger charge is 2.23. The van der Waals surface area contributed by atoms with Crippen molar-refractivity contribution in [1.29, 1.82) is 0 Å². The van der Waals surface area contributed by atoms with Crippen LogP contribution in [0, 0.1) is 0 Å². The summed E-state index contributed by atoms with van der Waals surface area (Å²) in [5, 5.41) is 5.39. The van der Waals surface area contributed by atoms with Crippen molar-refractivity contribution >= 4 is 71.1 Å². The normalized spacial score (nSPS) is 14.7. The predicted molar refractivity (Wildman–Crippen MR) is 141 cm³/mol. The van der Waals surface area contributed by atoms with Crippen LogP contribution in [0.1, 0.15) is 37.8 Å². The number of sulfonamides is 1. The van der Waals surface area contributed by atoms with E-state index in [1.807, 2.05) is 0 Å². The molecule has 0 amide bonds. The summed E-state index contributed by atoms with van der Waals surface area (Å²) in [7, 11) is -13.2. The first-order chi connectivity index (χ1) is 16.6. The summed E-state index contributed by atoms with van der Waals surface area (Å²) >= 11 is 5.17. The van der Waals surface area contributed by atoms with E-state index in [9.17, 15) is 34.4 Å². The van der Waals surface area contributed by atoms with Crippen molar-refractivity contribution in [3.05, 3.63) is 47.5 Å². The van der Waals surface area contributed by atoms with E-state index in [4.69, 9.17) is 12.2 Å². The molecule has 1 aliphatic carbocycles. The molecule has 0 unspecified atom stereocenters. The second kappa shape index (κ2) is 10.4. The maximum Gasteiger partial charge on any atom is 0.295 e. The minimum Gasteiger partial charge on any atom is -0.360 e. The fourth-order valence-electron chi connectivity index (χ4n) is 2.97. The van der Waals surface area contributed by atoms with Gasteiger partial charge in [-0.3, -0.25) is 13.8 Å². The fourth-order valence-corrected chi connectivity index (χ4v) is 5.37. The van der Waals surface area contributed by atoms with Crippen molar-refractivity contribution in [3.8, 4) is 0 Å². The second-order valence-corrected chi connectivity index (χ2v) is 13.8. The van der Waals surface area contributed by atoms with Crippen LogP contribution in [0.3, 0.4) is 0 Å². The first kappa shape index (κ1) is 28.0. The van der Waals surface area contributed by atoms with E-state index in [0.29, 0.717) is 10.8 Å². The van der Waals surface area contributed by atoms with E-state index >= 15 is 0 Å². The molecule has 0 saturated heterocycles. The van der Waals surface area contributed by atoms with E-state index < -0.39 is 45.3 Å². The molecule has 5 N–H and O–H groups in total. The highest BCUT2D eigenvalue weighted by atomic mass is 32.2. The van der Waals surface area contributed by atoms with Gasteiger partial charge in [-0.05, 0) is 74.3 Å². The molecule has 0 aliphatic heterocycles. The van der Waals surface area contributed by atoms with Crippen molar-refractivity contribution in [2.75, 3.05) is 10.0 Å². The Hall–Kier alpha value is -2.56. The van der Waals surface area contributed by atoms with Gasteiger partial charge in [-0.15, -0.1) is 0 Å². The van der Waals surface area contributed by atoms with Gasteiger partial charge >= 0.3 is 0 Å². The number of hydrogen-bond acceptors (Lipinski definition) is 7. The molecule has 196 valence electrons. The molecule has 2 aromatic carbocycles. The van der Waals surface area contributed by atoms with Gasteiger partial charge in [-0.2, -0.15) is 16.8 Å². The lowest BCUT2D eigenvalue weighted by molar-refractivity contribution is 0.480. The highest BCUT2D eigenvalue weighted by molar-refractivity contribution is 7.93. The zero-order valence-electron chi connectivity index (χ0n) is 19.2. The van der Waals surface area contributed by atoms with Gasteiger partial charge in [-0.1, -0.05) is 24.3 Å². The van der Waals surface area contributed by atoms with Gasteiger partial charge in [-0.25, -0.2) is 8.42 Å². The molecule has 15 heteroatoms. The lowest BCUT2D eigenvalue weighted by atomic mass is 10.1. The Labute approximate surface area is 215 Å². The Kier molecular flexibility index (Phi) is 8.12. The topological polar surface area (TPSA) is 179 Å². The first-order valence-corrected chi connectivity index (χ1v) is 15.4. The Bertz CT molecular complexity index is 1530. The van der Waals surface area contributed by atoms with Gasteiger partial charge < -0.3 is 10.6 Å². The lowest BCUT2D eigenvalue weighted by Gasteiger charge is -2.13. The van der Waals surface area contributed by atoms with E-state index in [2.05, 4.69) is 15.4 Å². The van der Waals surface area contributed by atoms with Crippen molar-refractivity contribution in [1.82, 2.24) is 5.32 Å². The SMILES string of the molecule is CC(C)S(=O)(=O)Nc1ccc(/C=C/c2ccc(NC(=S)NC3CC3)cc2S(=O)(=O)O)c(S(=O)(=O)O)c1. The monoisotopic (exact) mass is 575 g/mol. The molecule has 0 bridgehead atoms. The van der Waals surface area contributed by atoms with Crippen LogP contribution in [0.4, 0.5) is 11.4 Å². The average Bonchev–Trinajstić information content (AvgIpc) is 3.55. The largest absolute Gasteiger partial charge is 0.360 e. The Balaban J connectivity index is 1.96. The molecule has 1 fully saturated rings. The van der Waals surface area contributed by atoms with E-state index in [-0.39, 0.29) is 22.9 Å². The molecule has 2 aromatic rings. The molecule has 0 aromatic heterocycles. The molecule has 3 rings (SSSR count). The van der Waals surface area contributed by atoms with Gasteiger partial charge in [0.15, 0.2) is 5.11 Å². The van der Waals surface area contributed by atoms with Crippen LogP contribution in [-0.2, 0) is 30.3 Å². The Morgan fingerprint density at radius 3 is 1.81 bits per heavy atom. The lowest BCUT2D eigenvalue weighted by Crippen LogP contribution is -2.30. The van der Waals surface area contributed by atoms with Crippen LogP contribution in [0.15, 0.2) is 46.2 Å². The number of hydrogen-bond donors (Lipinski definition) is 5. The molecular formula is C21H25N3O8S4. The first-order valence-electron chi connectivity index (χ1n) is 10.6. The number of anilines is 2. The van der Waals surface area contributed by atoms with Crippen LogP contribution in [-0.4, -0.2) is 50.8 Å². The Morgan fingerprint density at radius 2 is 1.36 bits per heavy atom. The maximum absolute atomic E-state index is 12.1. The van der Waals surface area contributed by atoms with Crippen molar-refractivity contribution in [2.45, 2.75) is 47.8 Å². The quantitative estimate of drug-likeness (QED) is 0.169. The standard InChI is InChI=1S/C21H25N3O8S4/c1-13(2)34(25,26)24-18-8-6-15(20(12-18)36(30,31)32)4-3-14-5-7-17(11-19(14)35(27,28)29)23-21(33)22-16-9-10-16/h3-8,11-13,16,24H,9-10H2,1-2H3,(H2,22,23,33)(H,27,28,29)(H,30,31,32)/b4-3+. The number of nitrogens with one attached hydrogen (secondary N) is 3. The van der Waals surface area contributed by atoms with Crippen LogP contribution < -0.4 is 15.4 Å². The summed E-state index contributed by atoms with van der Waals surface area (Å²) in [4.78, 5) is -1.07. The zero-order valence-corrected chi connectivity index (χ0v) is 22.4. The molecule has 36 heavy (non-hydrogen) atoms. The summed E-state index contributed by atoms with van der Waals surface area (Å²) in [6.45, 7) is 2.88. The number of benzene rings is 2. The second-order valence-electron chi connectivity index (χ2n) is 8.36. The number of thiocarbonyl (C=S) groups is 1. The van der Waals surface area contributed by atoms with Gasteiger partial charge in [0.1, 0.15) is 9.79 Å². The van der Waals surface area contributed by atoms with Crippen LogP contribution in [0.25, 0.3) is 12.2 Å². The molecule has 0 spiro atoms. The maximum atomic E-state index is 12.1. The van der Waals surface area contributed by atoms with Crippen LogP contribution >= 0.6 is 12.2 Å². The van der Waals surface area contributed by atoms with E-state index in [1.54, 1.807) is 0 Å². The van der Waals surface area contributed by atoms with Gasteiger partial charge in [0.25, 0.3) is 20.2 Å². The minimum absolute atomic E-state index is 0.0231. The van der Waals surface area contributed by atoms with Crippen molar-refractivity contribution < 1.29 is 34.4 Å². The van der Waals surface area contributed by atoms with Gasteiger partial charge in [0.05, 0.1) is 5.25 Å². The fraction of sp³-hybridized carbons (Fsp3) is 0.286. The van der Waals surface area contributed by atoms with Crippen molar-refractivity contribution in [2.24, 2.45) is 0 Å². The minimum atomic E-state index is -4.78. The molecular weight excluding hydrogens is 551 g/mol. The third kappa shape index (κ3) is 7.47. The zero-order chi connectivity index (χ0) is 26.9. The molecule has 0 heterocycles. The van der Waals surface area contributed by atoms with E-state index in [0.717, 1.165) is 18.9 Å².